The van der Waals surface area contributed by atoms with Crippen LogP contribution in [0.2, 0.25) is 0 Å². The highest BCUT2D eigenvalue weighted by atomic mass is 16.5. The highest BCUT2D eigenvalue weighted by Crippen LogP contribution is 1.98. The SMILES string of the molecule is NCCCCCCOCCOCCOCCO. The zero-order valence-electron chi connectivity index (χ0n) is 10.7. The molecule has 0 saturated heterocycles. The van der Waals surface area contributed by atoms with E-state index < -0.39 is 0 Å². The number of ether oxygens (including phenoxy) is 3. The number of nitrogens with two attached hydrogens (primary N) is 1. The van der Waals surface area contributed by atoms with E-state index in [4.69, 9.17) is 25.1 Å². The number of hydrogen-bond acceptors (Lipinski definition) is 5. The van der Waals surface area contributed by atoms with E-state index in [2.05, 4.69) is 0 Å². The van der Waals surface area contributed by atoms with Crippen molar-refractivity contribution in [2.45, 2.75) is 25.7 Å². The molecule has 0 aliphatic heterocycles. The molecule has 0 heterocycles. The lowest BCUT2D eigenvalue weighted by Gasteiger charge is -2.06. The van der Waals surface area contributed by atoms with Gasteiger partial charge in [-0.15, -0.1) is 0 Å². The molecular weight excluding hydrogens is 222 g/mol. The fourth-order valence-corrected chi connectivity index (χ4v) is 1.31. The average Bonchev–Trinajstić information content (AvgIpc) is 2.35. The highest BCUT2D eigenvalue weighted by Gasteiger charge is 1.92. The number of rotatable bonds is 14. The van der Waals surface area contributed by atoms with Crippen LogP contribution in [0.5, 0.6) is 0 Å². The maximum absolute atomic E-state index is 8.45. The van der Waals surface area contributed by atoms with Gasteiger partial charge in [-0.2, -0.15) is 0 Å². The van der Waals surface area contributed by atoms with Crippen molar-refractivity contribution < 1.29 is 19.3 Å². The first-order valence-corrected chi connectivity index (χ1v) is 6.46. The fourth-order valence-electron chi connectivity index (χ4n) is 1.31. The summed E-state index contributed by atoms with van der Waals surface area (Å²) in [6, 6.07) is 0. The molecular formula is C12H27NO4. The monoisotopic (exact) mass is 249 g/mol. The van der Waals surface area contributed by atoms with Crippen LogP contribution in [0.4, 0.5) is 0 Å². The number of aliphatic hydroxyl groups is 1. The van der Waals surface area contributed by atoms with Crippen molar-refractivity contribution in [3.05, 3.63) is 0 Å². The lowest BCUT2D eigenvalue weighted by Crippen LogP contribution is -2.11. The molecule has 0 spiro atoms. The first-order valence-electron chi connectivity index (χ1n) is 6.46. The summed E-state index contributed by atoms with van der Waals surface area (Å²) in [6.07, 6.45) is 4.59. The van der Waals surface area contributed by atoms with E-state index in [1.807, 2.05) is 0 Å². The van der Waals surface area contributed by atoms with Crippen LogP contribution in [0.25, 0.3) is 0 Å². The van der Waals surface area contributed by atoms with Gasteiger partial charge in [0.15, 0.2) is 0 Å². The largest absolute Gasteiger partial charge is 0.394 e. The molecule has 3 N–H and O–H groups in total. The average molecular weight is 249 g/mol. The molecule has 0 rings (SSSR count). The van der Waals surface area contributed by atoms with E-state index in [0.29, 0.717) is 33.0 Å². The van der Waals surface area contributed by atoms with Gasteiger partial charge in [-0.25, -0.2) is 0 Å². The lowest BCUT2D eigenvalue weighted by molar-refractivity contribution is 0.00720. The second kappa shape index (κ2) is 15.8. The van der Waals surface area contributed by atoms with Gasteiger partial charge < -0.3 is 25.1 Å². The summed E-state index contributed by atoms with van der Waals surface area (Å²) in [5.74, 6) is 0. The molecule has 0 saturated carbocycles. The first kappa shape index (κ1) is 16.8. The van der Waals surface area contributed by atoms with E-state index in [9.17, 15) is 0 Å². The third-order valence-corrected chi connectivity index (χ3v) is 2.22. The molecule has 104 valence electrons. The van der Waals surface area contributed by atoms with E-state index >= 15 is 0 Å². The van der Waals surface area contributed by atoms with Crippen LogP contribution in [-0.4, -0.2) is 57.9 Å². The van der Waals surface area contributed by atoms with Crippen LogP contribution in [0.15, 0.2) is 0 Å². The lowest BCUT2D eigenvalue weighted by atomic mass is 10.2. The van der Waals surface area contributed by atoms with Crippen LogP contribution in [0, 0.1) is 0 Å². The Hall–Kier alpha value is -0.200. The standard InChI is InChI=1S/C12H27NO4/c13-5-3-1-2-4-7-15-9-11-17-12-10-16-8-6-14/h14H,1-13H2. The summed E-state index contributed by atoms with van der Waals surface area (Å²) in [4.78, 5) is 0. The summed E-state index contributed by atoms with van der Waals surface area (Å²) < 4.78 is 15.7. The predicted octanol–water partition coefficient (Wildman–Crippen LogP) is 0.548. The van der Waals surface area contributed by atoms with Gasteiger partial charge in [-0.05, 0) is 19.4 Å². The predicted molar refractivity (Wildman–Crippen MR) is 67.1 cm³/mol. The zero-order chi connectivity index (χ0) is 12.6. The Morgan fingerprint density at radius 1 is 0.647 bits per heavy atom. The smallest absolute Gasteiger partial charge is 0.0701 e. The van der Waals surface area contributed by atoms with E-state index in [-0.39, 0.29) is 6.61 Å². The van der Waals surface area contributed by atoms with Gasteiger partial charge in [0.1, 0.15) is 0 Å². The van der Waals surface area contributed by atoms with Crippen LogP contribution < -0.4 is 5.73 Å². The molecule has 0 aromatic rings. The minimum atomic E-state index is 0.0628. The van der Waals surface area contributed by atoms with Crippen LogP contribution in [-0.2, 0) is 14.2 Å². The Balaban J connectivity index is 2.85. The van der Waals surface area contributed by atoms with Crippen molar-refractivity contribution in [1.82, 2.24) is 0 Å². The van der Waals surface area contributed by atoms with Crippen LogP contribution in [0.3, 0.4) is 0 Å². The molecule has 0 radical (unpaired) electrons. The molecule has 0 bridgehead atoms. The summed E-state index contributed by atoms with van der Waals surface area (Å²) >= 11 is 0. The molecule has 0 atom stereocenters. The Bertz CT molecular complexity index is 122. The molecule has 0 aromatic heterocycles. The Labute approximate surface area is 104 Å². The van der Waals surface area contributed by atoms with E-state index in [1.165, 1.54) is 12.8 Å². The molecule has 0 aliphatic carbocycles. The topological polar surface area (TPSA) is 73.9 Å². The number of aliphatic hydroxyl groups excluding tert-OH is 1. The van der Waals surface area contributed by atoms with E-state index in [1.54, 1.807) is 0 Å². The van der Waals surface area contributed by atoms with Crippen LogP contribution in [0.1, 0.15) is 25.7 Å². The quantitative estimate of drug-likeness (QED) is 0.440. The summed E-state index contributed by atoms with van der Waals surface area (Å²) in [6.45, 7) is 4.35. The van der Waals surface area contributed by atoms with Crippen molar-refractivity contribution in [3.8, 4) is 0 Å². The third kappa shape index (κ3) is 15.8. The van der Waals surface area contributed by atoms with Crippen molar-refractivity contribution in [3.63, 3.8) is 0 Å². The minimum absolute atomic E-state index is 0.0628. The third-order valence-electron chi connectivity index (χ3n) is 2.22. The molecule has 0 unspecified atom stereocenters. The van der Waals surface area contributed by atoms with Crippen molar-refractivity contribution >= 4 is 0 Å². The highest BCUT2D eigenvalue weighted by molar-refractivity contribution is 4.43. The molecule has 0 fully saturated rings. The minimum Gasteiger partial charge on any atom is -0.394 e. The Morgan fingerprint density at radius 3 is 1.76 bits per heavy atom. The number of unbranched alkanes of at least 4 members (excludes halogenated alkanes) is 3. The van der Waals surface area contributed by atoms with Gasteiger partial charge in [0.2, 0.25) is 0 Å². The Kier molecular flexibility index (Phi) is 15.6. The fraction of sp³-hybridized carbons (Fsp3) is 1.00. The van der Waals surface area contributed by atoms with Gasteiger partial charge in [0, 0.05) is 6.61 Å². The summed E-state index contributed by atoms with van der Waals surface area (Å²) in [7, 11) is 0. The van der Waals surface area contributed by atoms with Gasteiger partial charge in [0.25, 0.3) is 0 Å². The van der Waals surface area contributed by atoms with E-state index in [0.717, 1.165) is 26.0 Å². The second-order valence-electron chi connectivity index (χ2n) is 3.76. The van der Waals surface area contributed by atoms with Gasteiger partial charge in [0.05, 0.1) is 39.6 Å². The zero-order valence-corrected chi connectivity index (χ0v) is 10.7. The molecule has 5 nitrogen and oxygen atoms in total. The van der Waals surface area contributed by atoms with Crippen molar-refractivity contribution in [1.29, 1.82) is 0 Å². The summed E-state index contributed by atoms with van der Waals surface area (Å²) in [5, 5.41) is 8.45. The second-order valence-corrected chi connectivity index (χ2v) is 3.76. The summed E-state index contributed by atoms with van der Waals surface area (Å²) in [5.41, 5.74) is 5.40. The molecule has 0 aromatic carbocycles. The first-order chi connectivity index (χ1) is 8.41. The normalized spacial score (nSPS) is 10.9. The molecule has 0 aliphatic rings. The molecule has 5 heteroatoms. The van der Waals surface area contributed by atoms with Crippen molar-refractivity contribution in [2.24, 2.45) is 5.73 Å². The van der Waals surface area contributed by atoms with Gasteiger partial charge >= 0.3 is 0 Å². The maximum Gasteiger partial charge on any atom is 0.0701 e. The van der Waals surface area contributed by atoms with Gasteiger partial charge in [-0.1, -0.05) is 12.8 Å². The van der Waals surface area contributed by atoms with Crippen LogP contribution >= 0.6 is 0 Å². The number of hydrogen-bond donors (Lipinski definition) is 2. The maximum atomic E-state index is 8.45. The Morgan fingerprint density at radius 2 is 1.18 bits per heavy atom. The van der Waals surface area contributed by atoms with Crippen molar-refractivity contribution in [2.75, 3.05) is 52.8 Å². The van der Waals surface area contributed by atoms with Gasteiger partial charge in [-0.3, -0.25) is 0 Å². The molecule has 0 amide bonds. The molecule has 17 heavy (non-hydrogen) atoms.